The lowest BCUT2D eigenvalue weighted by Gasteiger charge is -2.10. The fourth-order valence-corrected chi connectivity index (χ4v) is 3.35. The Morgan fingerprint density at radius 3 is 2.69 bits per heavy atom. The Balaban J connectivity index is 1.80. The molecule has 3 aromatic rings. The number of amides is 1. The van der Waals surface area contributed by atoms with Gasteiger partial charge in [0.2, 0.25) is 0 Å². The van der Waals surface area contributed by atoms with Crippen molar-refractivity contribution in [2.75, 3.05) is 0 Å². The van der Waals surface area contributed by atoms with Crippen LogP contribution in [0.5, 0.6) is 0 Å². The van der Waals surface area contributed by atoms with Gasteiger partial charge >= 0.3 is 0 Å². The van der Waals surface area contributed by atoms with Gasteiger partial charge in [0.25, 0.3) is 5.91 Å². The molecule has 29 heavy (non-hydrogen) atoms. The fraction of sp³-hybridized carbons (Fsp3) is 0.0952. The van der Waals surface area contributed by atoms with Crippen molar-refractivity contribution < 1.29 is 9.18 Å². The van der Waals surface area contributed by atoms with Crippen LogP contribution in [0.15, 0.2) is 52.0 Å². The van der Waals surface area contributed by atoms with E-state index < -0.39 is 11.7 Å². The number of hydrazone groups is 1. The highest BCUT2D eigenvalue weighted by atomic mass is 79.9. The normalized spacial score (nSPS) is 10.9. The maximum atomic E-state index is 13.9. The smallest absolute Gasteiger partial charge is 0.274 e. The van der Waals surface area contributed by atoms with Crippen molar-refractivity contribution in [1.82, 2.24) is 9.99 Å². The molecule has 0 unspecified atom stereocenters. The highest BCUT2D eigenvalue weighted by molar-refractivity contribution is 9.10. The van der Waals surface area contributed by atoms with E-state index in [1.165, 1.54) is 18.3 Å². The number of halogens is 3. The first kappa shape index (κ1) is 20.8. The van der Waals surface area contributed by atoms with Crippen molar-refractivity contribution in [1.29, 1.82) is 5.26 Å². The van der Waals surface area contributed by atoms with E-state index in [0.29, 0.717) is 5.02 Å². The Bertz CT molecular complexity index is 1180. The van der Waals surface area contributed by atoms with Gasteiger partial charge in [-0.25, -0.2) is 9.82 Å². The van der Waals surface area contributed by atoms with E-state index in [1.807, 2.05) is 48.7 Å². The van der Waals surface area contributed by atoms with Gasteiger partial charge in [-0.3, -0.25) is 4.79 Å². The molecule has 5 nitrogen and oxygen atoms in total. The molecule has 0 aliphatic heterocycles. The number of nitriles is 1. The van der Waals surface area contributed by atoms with Gasteiger partial charge in [0, 0.05) is 27.1 Å². The van der Waals surface area contributed by atoms with E-state index in [1.54, 1.807) is 0 Å². The van der Waals surface area contributed by atoms with Crippen molar-refractivity contribution in [3.63, 3.8) is 0 Å². The van der Waals surface area contributed by atoms with E-state index in [-0.39, 0.29) is 11.1 Å². The second kappa shape index (κ2) is 8.60. The van der Waals surface area contributed by atoms with Crippen LogP contribution in [0.2, 0.25) is 5.02 Å². The molecule has 0 radical (unpaired) electrons. The minimum absolute atomic E-state index is 0.142. The molecule has 1 amide bonds. The van der Waals surface area contributed by atoms with Crippen molar-refractivity contribution in [3.8, 4) is 11.8 Å². The summed E-state index contributed by atoms with van der Waals surface area (Å²) in [6.07, 6.45) is 1.50. The zero-order chi connectivity index (χ0) is 21.1. The number of aromatic nitrogens is 1. The summed E-state index contributed by atoms with van der Waals surface area (Å²) >= 11 is 9.58. The number of hydrogen-bond acceptors (Lipinski definition) is 3. The highest BCUT2D eigenvalue weighted by Crippen LogP contribution is 2.27. The highest BCUT2D eigenvalue weighted by Gasteiger charge is 2.13. The van der Waals surface area contributed by atoms with Gasteiger partial charge in [0.15, 0.2) is 0 Å². The molecule has 0 saturated heterocycles. The summed E-state index contributed by atoms with van der Waals surface area (Å²) in [5.74, 6) is -1.47. The number of aryl methyl sites for hydroxylation is 1. The zero-order valence-corrected chi connectivity index (χ0v) is 17.8. The number of benzene rings is 2. The number of nitrogens with zero attached hydrogens (tertiary/aromatic N) is 3. The van der Waals surface area contributed by atoms with E-state index in [9.17, 15) is 9.18 Å². The van der Waals surface area contributed by atoms with Crippen LogP contribution < -0.4 is 5.43 Å². The summed E-state index contributed by atoms with van der Waals surface area (Å²) in [5.41, 5.74) is 5.83. The summed E-state index contributed by atoms with van der Waals surface area (Å²) in [4.78, 5) is 12.1. The molecule has 146 valence electrons. The Labute approximate surface area is 180 Å². The minimum Gasteiger partial charge on any atom is -0.318 e. The van der Waals surface area contributed by atoms with Crippen LogP contribution in [0.3, 0.4) is 0 Å². The molecule has 1 aromatic heterocycles. The second-order valence-corrected chi connectivity index (χ2v) is 7.53. The van der Waals surface area contributed by atoms with Crippen LogP contribution in [0.1, 0.15) is 32.9 Å². The lowest BCUT2D eigenvalue weighted by molar-refractivity contribution is 0.0951. The maximum absolute atomic E-state index is 13.9. The summed E-state index contributed by atoms with van der Waals surface area (Å²) < 4.78 is 16.8. The third-order valence-corrected chi connectivity index (χ3v) is 5.58. The van der Waals surface area contributed by atoms with E-state index in [2.05, 4.69) is 26.5 Å². The van der Waals surface area contributed by atoms with Gasteiger partial charge in [-0.05, 0) is 72.2 Å². The average Bonchev–Trinajstić information content (AvgIpc) is 2.97. The van der Waals surface area contributed by atoms with Gasteiger partial charge in [-0.1, -0.05) is 11.6 Å². The monoisotopic (exact) mass is 472 g/mol. The van der Waals surface area contributed by atoms with E-state index in [4.69, 9.17) is 16.9 Å². The van der Waals surface area contributed by atoms with Gasteiger partial charge in [-0.2, -0.15) is 10.4 Å². The number of carbonyl (C=O) groups is 1. The largest absolute Gasteiger partial charge is 0.318 e. The van der Waals surface area contributed by atoms with Gasteiger partial charge in [0.05, 0.1) is 28.4 Å². The molecule has 0 aliphatic carbocycles. The van der Waals surface area contributed by atoms with Gasteiger partial charge in [-0.15, -0.1) is 0 Å². The molecular weight excluding hydrogens is 459 g/mol. The molecule has 0 spiro atoms. The van der Waals surface area contributed by atoms with Gasteiger partial charge in [0.1, 0.15) is 5.82 Å². The predicted molar refractivity (Wildman–Crippen MR) is 114 cm³/mol. The Hall–Kier alpha value is -2.95. The number of hydrogen-bond donors (Lipinski definition) is 1. The summed E-state index contributed by atoms with van der Waals surface area (Å²) in [6, 6.07) is 13.0. The van der Waals surface area contributed by atoms with Crippen LogP contribution >= 0.6 is 27.5 Å². The third-order valence-electron chi connectivity index (χ3n) is 4.34. The van der Waals surface area contributed by atoms with E-state index >= 15 is 0 Å². The van der Waals surface area contributed by atoms with Crippen molar-refractivity contribution in [3.05, 3.63) is 85.9 Å². The quantitative estimate of drug-likeness (QED) is 0.413. The average molecular weight is 474 g/mol. The molecule has 0 saturated carbocycles. The molecule has 0 bridgehead atoms. The molecule has 2 aromatic carbocycles. The lowest BCUT2D eigenvalue weighted by Crippen LogP contribution is -2.19. The topological polar surface area (TPSA) is 70.2 Å². The second-order valence-electron chi connectivity index (χ2n) is 6.27. The molecule has 1 N–H and O–H groups in total. The van der Waals surface area contributed by atoms with Crippen LogP contribution in [0.4, 0.5) is 4.39 Å². The first-order valence-electron chi connectivity index (χ1n) is 8.49. The van der Waals surface area contributed by atoms with Crippen molar-refractivity contribution in [2.45, 2.75) is 13.8 Å². The van der Waals surface area contributed by atoms with Crippen LogP contribution in [-0.4, -0.2) is 16.7 Å². The Kier molecular flexibility index (Phi) is 6.16. The van der Waals surface area contributed by atoms with Crippen LogP contribution in [-0.2, 0) is 0 Å². The number of nitrogens with one attached hydrogen (secondary N) is 1. The predicted octanol–water partition coefficient (Wildman–Crippen LogP) is 5.28. The summed E-state index contributed by atoms with van der Waals surface area (Å²) in [7, 11) is 0. The standard InChI is InChI=1S/C21H15BrClFN4O/c1-12-7-15(13(2)28(12)16-4-6-18(22)19(23)9-16)11-26-27-21(29)17-5-3-14(10-25)8-20(17)24/h3-9,11H,1-2H3,(H,27,29). The Morgan fingerprint density at radius 2 is 2.03 bits per heavy atom. The molecule has 1 heterocycles. The third kappa shape index (κ3) is 4.39. The SMILES string of the molecule is Cc1cc(C=NNC(=O)c2ccc(C#N)cc2F)c(C)n1-c1ccc(Br)c(Cl)c1. The van der Waals surface area contributed by atoms with Gasteiger partial charge < -0.3 is 4.57 Å². The van der Waals surface area contributed by atoms with E-state index in [0.717, 1.165) is 33.2 Å². The molecule has 0 fully saturated rings. The summed E-state index contributed by atoms with van der Waals surface area (Å²) in [5, 5.41) is 13.3. The number of rotatable bonds is 4. The molecule has 3 rings (SSSR count). The van der Waals surface area contributed by atoms with Crippen molar-refractivity contribution >= 4 is 39.7 Å². The minimum atomic E-state index is -0.776. The van der Waals surface area contributed by atoms with Crippen LogP contribution in [0.25, 0.3) is 5.69 Å². The number of carbonyl (C=O) groups excluding carboxylic acids is 1. The molecular formula is C21H15BrClFN4O. The van der Waals surface area contributed by atoms with Crippen molar-refractivity contribution in [2.24, 2.45) is 5.10 Å². The first-order valence-corrected chi connectivity index (χ1v) is 9.66. The summed E-state index contributed by atoms with van der Waals surface area (Å²) in [6.45, 7) is 3.87. The molecule has 0 aliphatic rings. The maximum Gasteiger partial charge on any atom is 0.274 e. The lowest BCUT2D eigenvalue weighted by atomic mass is 10.1. The van der Waals surface area contributed by atoms with Crippen LogP contribution in [0, 0.1) is 31.0 Å². The first-order chi connectivity index (χ1) is 13.8. The zero-order valence-electron chi connectivity index (χ0n) is 15.5. The molecule has 0 atom stereocenters. The fourth-order valence-electron chi connectivity index (χ4n) is 2.93. The Morgan fingerprint density at radius 1 is 1.28 bits per heavy atom. The molecule has 8 heteroatoms.